The van der Waals surface area contributed by atoms with Crippen molar-refractivity contribution in [2.75, 3.05) is 51.3 Å². The molecule has 1 aromatic heterocycles. The summed E-state index contributed by atoms with van der Waals surface area (Å²) in [4.78, 5) is 20.9. The van der Waals surface area contributed by atoms with E-state index < -0.39 is 11.0 Å². The molecule has 206 valence electrons. The van der Waals surface area contributed by atoms with Gasteiger partial charge in [-0.2, -0.15) is 5.10 Å². The lowest BCUT2D eigenvalue weighted by molar-refractivity contribution is -0.120. The average Bonchev–Trinajstić information content (AvgIpc) is 3.60. The Hall–Kier alpha value is -3.19. The van der Waals surface area contributed by atoms with Crippen LogP contribution in [0.25, 0.3) is 0 Å². The summed E-state index contributed by atoms with van der Waals surface area (Å²) in [5, 5.41) is 13.7. The maximum atomic E-state index is 13.2. The van der Waals surface area contributed by atoms with Crippen LogP contribution in [-0.4, -0.2) is 93.4 Å². The number of ether oxygens (including phenoxy) is 1. The standard InChI is InChI=1S/C27H32FN7O3S/c28-20-2-4-21(5-3-20)39(37)35-9-7-19(8-10-35)27(36)32-24-16-29-33-25(24)26-30-22-6-1-18(15-23(22)31-26)17-34-11-13-38-14-12-34/h1-6,15-16,19,22-23H,7-14,17H2,(H,29,33)(H,30,31)(H,32,36). The number of carbonyl (C=O) groups is 1. The highest BCUT2D eigenvalue weighted by molar-refractivity contribution is 7.82. The number of halogens is 1. The third-order valence-electron chi connectivity index (χ3n) is 7.57. The van der Waals surface area contributed by atoms with E-state index >= 15 is 0 Å². The van der Waals surface area contributed by atoms with E-state index in [0.717, 1.165) is 32.8 Å². The number of nitrogens with zero attached hydrogens (tertiary/aromatic N) is 4. The molecule has 1 aliphatic carbocycles. The number of aliphatic imine (C=N–C) groups is 1. The van der Waals surface area contributed by atoms with E-state index in [9.17, 15) is 13.4 Å². The number of piperidine rings is 1. The Labute approximate surface area is 229 Å². The van der Waals surface area contributed by atoms with Crippen LogP contribution in [0.15, 0.2) is 64.2 Å². The Morgan fingerprint density at radius 1 is 1.15 bits per heavy atom. The molecule has 0 saturated carbocycles. The van der Waals surface area contributed by atoms with Gasteiger partial charge in [0.25, 0.3) is 0 Å². The molecule has 6 rings (SSSR count). The molecule has 2 saturated heterocycles. The molecule has 3 N–H and O–H groups in total. The van der Waals surface area contributed by atoms with Crippen molar-refractivity contribution < 1.29 is 18.1 Å². The van der Waals surface area contributed by atoms with Gasteiger partial charge >= 0.3 is 0 Å². The minimum atomic E-state index is -1.37. The van der Waals surface area contributed by atoms with Crippen molar-refractivity contribution in [2.45, 2.75) is 29.8 Å². The quantitative estimate of drug-likeness (QED) is 0.482. The number of hydrogen-bond donors (Lipinski definition) is 3. The number of nitrogens with one attached hydrogen (secondary N) is 3. The number of aromatic nitrogens is 2. The molecule has 39 heavy (non-hydrogen) atoms. The molecule has 4 heterocycles. The summed E-state index contributed by atoms with van der Waals surface area (Å²) >= 11 is 0. The smallest absolute Gasteiger partial charge is 0.227 e. The summed E-state index contributed by atoms with van der Waals surface area (Å²) < 4.78 is 33.3. The molecule has 0 bridgehead atoms. The van der Waals surface area contributed by atoms with Gasteiger partial charge in [0, 0.05) is 38.6 Å². The third-order valence-corrected chi connectivity index (χ3v) is 9.08. The zero-order valence-electron chi connectivity index (χ0n) is 21.5. The van der Waals surface area contributed by atoms with Crippen molar-refractivity contribution >= 4 is 28.4 Å². The topological polar surface area (TPSA) is 115 Å². The van der Waals surface area contributed by atoms with Crippen LogP contribution >= 0.6 is 0 Å². The van der Waals surface area contributed by atoms with E-state index in [0.29, 0.717) is 48.0 Å². The minimum Gasteiger partial charge on any atom is -0.379 e. The zero-order chi connectivity index (χ0) is 26.8. The molecule has 1 aromatic carbocycles. The molecular weight excluding hydrogens is 521 g/mol. The number of anilines is 1. The van der Waals surface area contributed by atoms with Crippen LogP contribution in [-0.2, 0) is 20.5 Å². The molecule has 0 spiro atoms. The Kier molecular flexibility index (Phi) is 7.69. The fourth-order valence-corrected chi connectivity index (χ4v) is 6.57. The Morgan fingerprint density at radius 2 is 1.92 bits per heavy atom. The first-order chi connectivity index (χ1) is 19.0. The molecule has 4 aliphatic rings. The lowest BCUT2D eigenvalue weighted by Crippen LogP contribution is -2.39. The van der Waals surface area contributed by atoms with Crippen molar-refractivity contribution in [3.63, 3.8) is 0 Å². The van der Waals surface area contributed by atoms with Gasteiger partial charge < -0.3 is 15.4 Å². The van der Waals surface area contributed by atoms with Gasteiger partial charge in [-0.15, -0.1) is 0 Å². The van der Waals surface area contributed by atoms with Gasteiger partial charge in [-0.25, -0.2) is 12.9 Å². The van der Waals surface area contributed by atoms with E-state index in [1.807, 2.05) is 4.31 Å². The van der Waals surface area contributed by atoms with E-state index in [1.165, 1.54) is 29.8 Å². The molecular formula is C27H32FN7O3S. The van der Waals surface area contributed by atoms with Crippen molar-refractivity contribution in [1.82, 2.24) is 24.7 Å². The normalized spacial score (nSPS) is 24.9. The number of aromatic amines is 1. The predicted molar refractivity (Wildman–Crippen MR) is 146 cm³/mol. The number of H-pyrrole nitrogens is 1. The Balaban J connectivity index is 1.04. The second-order valence-corrected chi connectivity index (χ2v) is 11.7. The van der Waals surface area contributed by atoms with Crippen LogP contribution in [0.3, 0.4) is 0 Å². The van der Waals surface area contributed by atoms with Crippen molar-refractivity contribution in [3.8, 4) is 0 Å². The molecule has 2 aromatic rings. The molecule has 3 atom stereocenters. The third kappa shape index (κ3) is 5.88. The lowest BCUT2D eigenvalue weighted by Gasteiger charge is -2.30. The van der Waals surface area contributed by atoms with Gasteiger partial charge in [0.15, 0.2) is 0 Å². The number of amidine groups is 1. The monoisotopic (exact) mass is 553 g/mol. The SMILES string of the molecule is O=C(Nc1cn[nH]c1C1=NC2C=CC(CN3CCOCC3)=CC2N1)C1CCN(S(=O)c2ccc(F)cc2)CC1. The number of fused-ring (bicyclic) bond motifs is 1. The number of morpholine rings is 1. The fraction of sp³-hybridized carbons (Fsp3) is 0.444. The largest absolute Gasteiger partial charge is 0.379 e. The summed E-state index contributed by atoms with van der Waals surface area (Å²) in [6.07, 6.45) is 9.27. The van der Waals surface area contributed by atoms with Crippen LogP contribution in [0.2, 0.25) is 0 Å². The van der Waals surface area contributed by atoms with E-state index in [1.54, 1.807) is 6.20 Å². The minimum absolute atomic E-state index is 0.00778. The molecule has 10 nitrogen and oxygen atoms in total. The first-order valence-electron chi connectivity index (χ1n) is 13.3. The van der Waals surface area contributed by atoms with Gasteiger partial charge in [0.2, 0.25) is 5.91 Å². The summed E-state index contributed by atoms with van der Waals surface area (Å²) in [7, 11) is -1.37. The summed E-state index contributed by atoms with van der Waals surface area (Å²) in [5.74, 6) is 0.0249. The lowest BCUT2D eigenvalue weighted by atomic mass is 9.97. The van der Waals surface area contributed by atoms with E-state index in [-0.39, 0.29) is 29.7 Å². The zero-order valence-corrected chi connectivity index (χ0v) is 22.3. The number of carbonyl (C=O) groups excluding carboxylic acids is 1. The maximum Gasteiger partial charge on any atom is 0.227 e. The van der Waals surface area contributed by atoms with Gasteiger partial charge in [0.05, 0.1) is 42.1 Å². The molecule has 12 heteroatoms. The highest BCUT2D eigenvalue weighted by Crippen LogP contribution is 2.26. The fourth-order valence-electron chi connectivity index (χ4n) is 5.36. The highest BCUT2D eigenvalue weighted by atomic mass is 32.2. The van der Waals surface area contributed by atoms with Crippen LogP contribution < -0.4 is 10.6 Å². The van der Waals surface area contributed by atoms with Crippen LogP contribution in [0.4, 0.5) is 10.1 Å². The van der Waals surface area contributed by atoms with Gasteiger partial charge in [-0.3, -0.25) is 19.8 Å². The molecule has 0 radical (unpaired) electrons. The van der Waals surface area contributed by atoms with Gasteiger partial charge in [0.1, 0.15) is 28.3 Å². The van der Waals surface area contributed by atoms with Crippen molar-refractivity contribution in [2.24, 2.45) is 10.9 Å². The first-order valence-corrected chi connectivity index (χ1v) is 14.4. The van der Waals surface area contributed by atoms with E-state index in [2.05, 4.69) is 44.0 Å². The molecule has 2 fully saturated rings. The van der Waals surface area contributed by atoms with Crippen LogP contribution in [0.5, 0.6) is 0 Å². The van der Waals surface area contributed by atoms with Crippen molar-refractivity contribution in [1.29, 1.82) is 0 Å². The number of rotatable bonds is 7. The van der Waals surface area contributed by atoms with E-state index in [4.69, 9.17) is 9.73 Å². The van der Waals surface area contributed by atoms with Crippen LogP contribution in [0.1, 0.15) is 18.5 Å². The van der Waals surface area contributed by atoms with Gasteiger partial charge in [-0.1, -0.05) is 18.2 Å². The summed E-state index contributed by atoms with van der Waals surface area (Å²) in [5.41, 5.74) is 2.50. The maximum absolute atomic E-state index is 13.2. The number of benzene rings is 1. The molecule has 3 unspecified atom stereocenters. The predicted octanol–water partition coefficient (Wildman–Crippen LogP) is 1.84. The first kappa shape index (κ1) is 26.1. The molecule has 1 amide bonds. The molecule has 3 aliphatic heterocycles. The Bertz CT molecular complexity index is 1310. The highest BCUT2D eigenvalue weighted by Gasteiger charge is 2.32. The Morgan fingerprint density at radius 3 is 2.69 bits per heavy atom. The number of hydrogen-bond acceptors (Lipinski definition) is 7. The van der Waals surface area contributed by atoms with Crippen LogP contribution in [0, 0.1) is 11.7 Å². The van der Waals surface area contributed by atoms with Crippen molar-refractivity contribution in [3.05, 3.63) is 65.8 Å². The average molecular weight is 554 g/mol. The number of amides is 1. The summed E-state index contributed by atoms with van der Waals surface area (Å²) in [6.45, 7) is 5.36. The second-order valence-electron chi connectivity index (χ2n) is 10.2. The van der Waals surface area contributed by atoms with Gasteiger partial charge in [-0.05, 0) is 42.7 Å². The summed E-state index contributed by atoms with van der Waals surface area (Å²) in [6, 6.07) is 5.75. The second kappa shape index (κ2) is 11.5.